The molecule has 2 N–H and O–H groups in total. The summed E-state index contributed by atoms with van der Waals surface area (Å²) < 4.78 is 29.8. The first kappa shape index (κ1) is 26.7. The number of anilines is 2. The Kier molecular flexibility index (Phi) is 6.79. The highest BCUT2D eigenvalue weighted by Gasteiger charge is 2.28. The van der Waals surface area contributed by atoms with Crippen LogP contribution in [0.2, 0.25) is 10.0 Å². The van der Waals surface area contributed by atoms with Crippen molar-refractivity contribution in [1.29, 1.82) is 0 Å². The zero-order valence-electron chi connectivity index (χ0n) is 21.6. The highest BCUT2D eigenvalue weighted by Crippen LogP contribution is 2.34. The Morgan fingerprint density at radius 2 is 1.57 bits per heavy atom. The third kappa shape index (κ3) is 4.63. The molecule has 1 fully saturated rings. The molecule has 10 nitrogen and oxygen atoms in total. The van der Waals surface area contributed by atoms with Crippen molar-refractivity contribution >= 4 is 66.8 Å². The maximum absolute atomic E-state index is 13.4. The highest BCUT2D eigenvalue weighted by atomic mass is 35.5. The summed E-state index contributed by atoms with van der Waals surface area (Å²) in [4.78, 5) is 27.9. The summed E-state index contributed by atoms with van der Waals surface area (Å²) in [5.74, 6) is 0.721. The Bertz CT molecular complexity index is 1930. The molecular weight excluding hydrogens is 573 g/mol. The molecule has 3 heterocycles. The number of halogens is 2. The lowest BCUT2D eigenvalue weighted by Crippen LogP contribution is -2.47. The number of aromatic amines is 1. The Balaban J connectivity index is 1.40. The number of nitrogens with one attached hydrogen (secondary N) is 2. The van der Waals surface area contributed by atoms with Crippen LogP contribution >= 0.6 is 23.2 Å². The summed E-state index contributed by atoms with van der Waals surface area (Å²) in [6.45, 7) is 2.19. The van der Waals surface area contributed by atoms with Crippen molar-refractivity contribution in [3.63, 3.8) is 0 Å². The molecule has 13 heteroatoms. The standard InChI is InChI=1S/C27H25Cl2N7O3S/c1-34-11-13-36(14-12-34)40(38,39)17-6-3-5-16(15-17)25-30-20-9-10-21-24(22(20)26(37)33-25)35(2)27(31-21)32-23-18(28)7-4-8-19(23)29/h3-10,15H,11-14H2,1-2H3,(H,31,32)(H,30,33,37). The van der Waals surface area contributed by atoms with Gasteiger partial charge in [0, 0.05) is 38.8 Å². The van der Waals surface area contributed by atoms with Gasteiger partial charge >= 0.3 is 0 Å². The van der Waals surface area contributed by atoms with Gasteiger partial charge in [0.2, 0.25) is 16.0 Å². The average Bonchev–Trinajstić information content (AvgIpc) is 3.26. The van der Waals surface area contributed by atoms with E-state index in [4.69, 9.17) is 28.2 Å². The fraction of sp³-hybridized carbons (Fsp3) is 0.222. The number of H-pyrrole nitrogens is 1. The summed E-state index contributed by atoms with van der Waals surface area (Å²) >= 11 is 12.6. The van der Waals surface area contributed by atoms with Crippen LogP contribution < -0.4 is 10.9 Å². The van der Waals surface area contributed by atoms with Crippen LogP contribution in [0.1, 0.15) is 0 Å². The zero-order valence-corrected chi connectivity index (χ0v) is 24.0. The molecule has 40 heavy (non-hydrogen) atoms. The molecule has 1 saturated heterocycles. The molecule has 0 aliphatic carbocycles. The third-order valence-corrected chi connectivity index (χ3v) is 9.64. The van der Waals surface area contributed by atoms with Gasteiger partial charge < -0.3 is 19.8 Å². The number of likely N-dealkylation sites (N-methyl/N-ethyl adjacent to an activating group) is 1. The van der Waals surface area contributed by atoms with Crippen molar-refractivity contribution in [2.24, 2.45) is 7.05 Å². The summed E-state index contributed by atoms with van der Waals surface area (Å²) in [6, 6.07) is 15.2. The fourth-order valence-corrected chi connectivity index (χ4v) is 6.85. The number of benzene rings is 3. The maximum Gasteiger partial charge on any atom is 0.261 e. The van der Waals surface area contributed by atoms with Crippen LogP contribution in [-0.4, -0.2) is 70.4 Å². The predicted octanol–water partition coefficient (Wildman–Crippen LogP) is 4.46. The van der Waals surface area contributed by atoms with E-state index in [1.165, 1.54) is 4.31 Å². The first-order chi connectivity index (χ1) is 19.1. The minimum Gasteiger partial charge on any atom is -0.323 e. The lowest BCUT2D eigenvalue weighted by atomic mass is 10.1. The predicted molar refractivity (Wildman–Crippen MR) is 158 cm³/mol. The van der Waals surface area contributed by atoms with E-state index in [-0.39, 0.29) is 16.3 Å². The summed E-state index contributed by atoms with van der Waals surface area (Å²) in [6.07, 6.45) is 0. The third-order valence-electron chi connectivity index (χ3n) is 7.11. The Hall–Kier alpha value is -3.48. The highest BCUT2D eigenvalue weighted by molar-refractivity contribution is 7.89. The van der Waals surface area contributed by atoms with Gasteiger partial charge in [-0.1, -0.05) is 41.4 Å². The minimum atomic E-state index is -3.68. The Morgan fingerprint density at radius 1 is 0.900 bits per heavy atom. The van der Waals surface area contributed by atoms with Gasteiger partial charge in [0.25, 0.3) is 5.56 Å². The number of imidazole rings is 1. The van der Waals surface area contributed by atoms with Crippen LogP contribution in [0, 0.1) is 0 Å². The van der Waals surface area contributed by atoms with Gasteiger partial charge in [0.1, 0.15) is 5.82 Å². The second-order valence-corrected chi connectivity index (χ2v) is 12.4. The molecule has 0 radical (unpaired) electrons. The van der Waals surface area contributed by atoms with E-state index in [2.05, 4.69) is 20.2 Å². The van der Waals surface area contributed by atoms with Gasteiger partial charge in [-0.2, -0.15) is 4.31 Å². The van der Waals surface area contributed by atoms with Crippen LogP contribution in [0.5, 0.6) is 0 Å². The molecule has 0 atom stereocenters. The van der Waals surface area contributed by atoms with Crippen LogP contribution in [0.15, 0.2) is 64.3 Å². The van der Waals surface area contributed by atoms with Gasteiger partial charge in [0.05, 0.1) is 42.6 Å². The number of fused-ring (bicyclic) bond motifs is 3. The van der Waals surface area contributed by atoms with E-state index >= 15 is 0 Å². The number of aryl methyl sites for hydroxylation is 1. The molecule has 0 amide bonds. The molecule has 0 saturated carbocycles. The Morgan fingerprint density at radius 3 is 2.30 bits per heavy atom. The largest absolute Gasteiger partial charge is 0.323 e. The molecule has 1 aliphatic heterocycles. The second-order valence-electron chi connectivity index (χ2n) is 9.69. The van der Waals surface area contributed by atoms with E-state index in [0.717, 1.165) is 0 Å². The number of hydrogen-bond acceptors (Lipinski definition) is 7. The molecule has 0 spiro atoms. The number of hydrogen-bond donors (Lipinski definition) is 2. The van der Waals surface area contributed by atoms with Gasteiger partial charge in [-0.3, -0.25) is 4.79 Å². The maximum atomic E-state index is 13.4. The molecule has 1 aliphatic rings. The number of sulfonamides is 1. The van der Waals surface area contributed by atoms with Crippen molar-refractivity contribution < 1.29 is 8.42 Å². The van der Waals surface area contributed by atoms with Crippen LogP contribution in [0.3, 0.4) is 0 Å². The number of rotatable bonds is 5. The molecule has 2 aromatic heterocycles. The van der Waals surface area contributed by atoms with E-state index in [1.54, 1.807) is 66.2 Å². The summed E-state index contributed by atoms with van der Waals surface area (Å²) in [5.41, 5.74) is 2.24. The van der Waals surface area contributed by atoms with Crippen LogP contribution in [0.25, 0.3) is 33.3 Å². The van der Waals surface area contributed by atoms with Gasteiger partial charge in [-0.05, 0) is 43.4 Å². The van der Waals surface area contributed by atoms with Crippen molar-refractivity contribution in [3.05, 3.63) is 75.0 Å². The molecule has 206 valence electrons. The minimum absolute atomic E-state index is 0.160. The van der Waals surface area contributed by atoms with Gasteiger partial charge in [-0.15, -0.1) is 0 Å². The second kappa shape index (κ2) is 10.2. The number of para-hydroxylation sites is 1. The molecule has 0 bridgehead atoms. The smallest absolute Gasteiger partial charge is 0.261 e. The van der Waals surface area contributed by atoms with Crippen molar-refractivity contribution in [2.75, 3.05) is 38.5 Å². The van der Waals surface area contributed by atoms with E-state index in [1.807, 2.05) is 7.05 Å². The molecule has 3 aromatic carbocycles. The average molecular weight is 599 g/mol. The van der Waals surface area contributed by atoms with Crippen molar-refractivity contribution in [2.45, 2.75) is 4.90 Å². The van der Waals surface area contributed by atoms with Gasteiger partial charge in [-0.25, -0.2) is 18.4 Å². The van der Waals surface area contributed by atoms with E-state index in [0.29, 0.717) is 75.4 Å². The number of piperazine rings is 1. The van der Waals surface area contributed by atoms with Crippen LogP contribution in [0.4, 0.5) is 11.6 Å². The van der Waals surface area contributed by atoms with Gasteiger partial charge in [0.15, 0.2) is 0 Å². The fourth-order valence-electron chi connectivity index (χ4n) is 4.89. The zero-order chi connectivity index (χ0) is 28.2. The van der Waals surface area contributed by atoms with Crippen LogP contribution in [-0.2, 0) is 17.1 Å². The molecule has 5 aromatic rings. The topological polar surface area (TPSA) is 116 Å². The summed E-state index contributed by atoms with van der Waals surface area (Å²) in [7, 11) is 0.0665. The number of nitrogens with zero attached hydrogens (tertiary/aromatic N) is 5. The molecular formula is C27H25Cl2N7O3S. The number of aromatic nitrogens is 4. The van der Waals surface area contributed by atoms with Crippen molar-refractivity contribution in [1.82, 2.24) is 28.7 Å². The first-order valence-electron chi connectivity index (χ1n) is 12.5. The lowest BCUT2D eigenvalue weighted by Gasteiger charge is -2.31. The summed E-state index contributed by atoms with van der Waals surface area (Å²) in [5, 5.41) is 4.39. The van der Waals surface area contributed by atoms with Crippen molar-refractivity contribution in [3.8, 4) is 11.4 Å². The SMILES string of the molecule is CN1CCN(S(=O)(=O)c2cccc(-c3nc4ccc5nc(Nc6c(Cl)cccc6Cl)n(C)c5c4c(=O)[nH]3)c2)CC1. The Labute approximate surface area is 240 Å². The molecule has 0 unspecified atom stereocenters. The van der Waals surface area contributed by atoms with E-state index in [9.17, 15) is 13.2 Å². The first-order valence-corrected chi connectivity index (χ1v) is 14.7. The quantitative estimate of drug-likeness (QED) is 0.307. The van der Waals surface area contributed by atoms with E-state index < -0.39 is 10.0 Å². The lowest BCUT2D eigenvalue weighted by molar-refractivity contribution is 0.222. The normalized spacial score (nSPS) is 15.2. The molecule has 6 rings (SSSR count). The monoisotopic (exact) mass is 597 g/mol.